The molecule has 3 aromatic heterocycles. The van der Waals surface area contributed by atoms with E-state index in [-0.39, 0.29) is 0 Å². The molecule has 0 N–H and O–H groups in total. The predicted octanol–water partition coefficient (Wildman–Crippen LogP) is 4.43. The van der Waals surface area contributed by atoms with Crippen LogP contribution < -0.4 is 0 Å². The van der Waals surface area contributed by atoms with Crippen LogP contribution in [0.5, 0.6) is 0 Å². The Morgan fingerprint density at radius 1 is 1.00 bits per heavy atom. The van der Waals surface area contributed by atoms with Gasteiger partial charge in [0, 0.05) is 16.5 Å². The maximum Gasteiger partial charge on any atom is 0.293 e. The summed E-state index contributed by atoms with van der Waals surface area (Å²) in [6, 6.07) is 11.5. The second kappa shape index (κ2) is 5.23. The highest BCUT2D eigenvalue weighted by atomic mass is 32.1. The van der Waals surface area contributed by atoms with Crippen LogP contribution in [0.4, 0.5) is 0 Å². The standard InChI is InChI=1S/C16H11N3O2S/c1-10-17-13(9-22-10)11-4-6-12(7-5-11)15-18-16(21-19-15)14-3-2-8-20-14/h2-9H,1H3. The van der Waals surface area contributed by atoms with Gasteiger partial charge in [-0.25, -0.2) is 4.98 Å². The average Bonchev–Trinajstić information content (AvgIpc) is 3.28. The van der Waals surface area contributed by atoms with E-state index in [1.807, 2.05) is 36.6 Å². The molecule has 0 saturated heterocycles. The van der Waals surface area contributed by atoms with Crippen LogP contribution in [0.1, 0.15) is 5.01 Å². The number of aryl methyl sites for hydroxylation is 1. The summed E-state index contributed by atoms with van der Waals surface area (Å²) in [5, 5.41) is 7.09. The molecular formula is C16H11N3O2S. The fourth-order valence-corrected chi connectivity index (χ4v) is 2.75. The molecule has 108 valence electrons. The lowest BCUT2D eigenvalue weighted by atomic mass is 10.1. The van der Waals surface area contributed by atoms with Crippen LogP contribution in [0.25, 0.3) is 34.3 Å². The van der Waals surface area contributed by atoms with Crippen molar-refractivity contribution in [2.45, 2.75) is 6.92 Å². The molecule has 0 radical (unpaired) electrons. The summed E-state index contributed by atoms with van der Waals surface area (Å²) >= 11 is 1.64. The summed E-state index contributed by atoms with van der Waals surface area (Å²) in [5.74, 6) is 1.47. The number of hydrogen-bond donors (Lipinski definition) is 0. The second-order valence-electron chi connectivity index (χ2n) is 4.73. The minimum Gasteiger partial charge on any atom is -0.459 e. The smallest absolute Gasteiger partial charge is 0.293 e. The van der Waals surface area contributed by atoms with E-state index in [0.29, 0.717) is 17.5 Å². The Bertz CT molecular complexity index is 892. The van der Waals surface area contributed by atoms with Gasteiger partial charge in [-0.1, -0.05) is 29.4 Å². The fourth-order valence-electron chi connectivity index (χ4n) is 2.13. The zero-order valence-corrected chi connectivity index (χ0v) is 12.5. The van der Waals surface area contributed by atoms with E-state index in [2.05, 4.69) is 15.1 Å². The Morgan fingerprint density at radius 2 is 1.82 bits per heavy atom. The van der Waals surface area contributed by atoms with E-state index >= 15 is 0 Å². The molecule has 0 aliphatic rings. The van der Waals surface area contributed by atoms with Gasteiger partial charge in [0.1, 0.15) is 0 Å². The number of thiazole rings is 1. The van der Waals surface area contributed by atoms with Crippen molar-refractivity contribution in [3.8, 4) is 34.3 Å². The Labute approximate surface area is 130 Å². The predicted molar refractivity (Wildman–Crippen MR) is 83.3 cm³/mol. The van der Waals surface area contributed by atoms with Gasteiger partial charge in [0.15, 0.2) is 5.76 Å². The number of aromatic nitrogens is 3. The first kappa shape index (κ1) is 13.0. The summed E-state index contributed by atoms with van der Waals surface area (Å²) in [6.45, 7) is 2.00. The molecule has 4 rings (SSSR count). The third-order valence-corrected chi connectivity index (χ3v) is 3.99. The Hall–Kier alpha value is -2.73. The molecule has 6 heteroatoms. The molecule has 0 aliphatic carbocycles. The number of benzene rings is 1. The van der Waals surface area contributed by atoms with Gasteiger partial charge in [0.05, 0.1) is 17.0 Å². The van der Waals surface area contributed by atoms with E-state index in [4.69, 9.17) is 8.94 Å². The molecule has 4 aromatic rings. The molecule has 1 aromatic carbocycles. The van der Waals surface area contributed by atoms with Gasteiger partial charge >= 0.3 is 0 Å². The number of nitrogens with zero attached hydrogens (tertiary/aromatic N) is 3. The zero-order chi connectivity index (χ0) is 14.9. The van der Waals surface area contributed by atoms with Crippen molar-refractivity contribution in [3.05, 3.63) is 53.0 Å². The molecule has 0 atom stereocenters. The minimum absolute atomic E-state index is 0.374. The van der Waals surface area contributed by atoms with Crippen LogP contribution in [0.2, 0.25) is 0 Å². The average molecular weight is 309 g/mol. The highest BCUT2D eigenvalue weighted by Crippen LogP contribution is 2.26. The molecule has 0 aliphatic heterocycles. The highest BCUT2D eigenvalue weighted by molar-refractivity contribution is 7.09. The molecule has 0 unspecified atom stereocenters. The molecule has 0 bridgehead atoms. The summed E-state index contributed by atoms with van der Waals surface area (Å²) in [7, 11) is 0. The van der Waals surface area contributed by atoms with E-state index in [1.54, 1.807) is 29.7 Å². The summed E-state index contributed by atoms with van der Waals surface area (Å²) in [6.07, 6.45) is 1.57. The highest BCUT2D eigenvalue weighted by Gasteiger charge is 2.12. The van der Waals surface area contributed by atoms with Crippen LogP contribution in [-0.2, 0) is 0 Å². The fraction of sp³-hybridized carbons (Fsp3) is 0.0625. The van der Waals surface area contributed by atoms with Crippen LogP contribution in [0.3, 0.4) is 0 Å². The summed E-state index contributed by atoms with van der Waals surface area (Å²) in [4.78, 5) is 8.82. The summed E-state index contributed by atoms with van der Waals surface area (Å²) < 4.78 is 10.5. The van der Waals surface area contributed by atoms with Crippen LogP contribution in [-0.4, -0.2) is 15.1 Å². The molecule has 22 heavy (non-hydrogen) atoms. The van der Waals surface area contributed by atoms with Crippen molar-refractivity contribution in [3.63, 3.8) is 0 Å². The van der Waals surface area contributed by atoms with Crippen LogP contribution in [0, 0.1) is 6.92 Å². The quantitative estimate of drug-likeness (QED) is 0.560. The molecule has 0 spiro atoms. The first-order chi connectivity index (χ1) is 10.8. The van der Waals surface area contributed by atoms with Crippen molar-refractivity contribution in [2.24, 2.45) is 0 Å². The van der Waals surface area contributed by atoms with Crippen molar-refractivity contribution in [2.75, 3.05) is 0 Å². The Kier molecular flexibility index (Phi) is 3.08. The van der Waals surface area contributed by atoms with Gasteiger partial charge in [-0.3, -0.25) is 0 Å². The second-order valence-corrected chi connectivity index (χ2v) is 5.79. The summed E-state index contributed by atoms with van der Waals surface area (Å²) in [5.41, 5.74) is 2.94. The van der Waals surface area contributed by atoms with Crippen molar-refractivity contribution < 1.29 is 8.94 Å². The SMILES string of the molecule is Cc1nc(-c2ccc(-c3noc(-c4ccco4)n3)cc2)cs1. The molecule has 3 heterocycles. The first-order valence-electron chi connectivity index (χ1n) is 6.70. The van der Waals surface area contributed by atoms with Gasteiger partial charge < -0.3 is 8.94 Å². The van der Waals surface area contributed by atoms with E-state index in [9.17, 15) is 0 Å². The van der Waals surface area contributed by atoms with Gasteiger partial charge in [-0.05, 0) is 19.1 Å². The molecular weight excluding hydrogens is 298 g/mol. The zero-order valence-electron chi connectivity index (χ0n) is 11.7. The topological polar surface area (TPSA) is 65.0 Å². The molecule has 0 saturated carbocycles. The Balaban J connectivity index is 1.63. The van der Waals surface area contributed by atoms with Gasteiger partial charge in [-0.2, -0.15) is 4.98 Å². The van der Waals surface area contributed by atoms with Gasteiger partial charge in [-0.15, -0.1) is 11.3 Å². The lowest BCUT2D eigenvalue weighted by Crippen LogP contribution is -1.83. The number of furan rings is 1. The van der Waals surface area contributed by atoms with Gasteiger partial charge in [0.2, 0.25) is 5.82 Å². The number of hydrogen-bond acceptors (Lipinski definition) is 6. The largest absolute Gasteiger partial charge is 0.459 e. The normalized spacial score (nSPS) is 11.0. The lowest BCUT2D eigenvalue weighted by molar-refractivity contribution is 0.417. The molecule has 0 amide bonds. The maximum atomic E-state index is 5.24. The van der Waals surface area contributed by atoms with Crippen molar-refractivity contribution >= 4 is 11.3 Å². The van der Waals surface area contributed by atoms with Crippen molar-refractivity contribution in [1.29, 1.82) is 0 Å². The van der Waals surface area contributed by atoms with Crippen molar-refractivity contribution in [1.82, 2.24) is 15.1 Å². The lowest BCUT2D eigenvalue weighted by Gasteiger charge is -1.98. The minimum atomic E-state index is 0.374. The molecule has 5 nitrogen and oxygen atoms in total. The van der Waals surface area contributed by atoms with E-state index < -0.39 is 0 Å². The maximum absolute atomic E-state index is 5.24. The van der Waals surface area contributed by atoms with Gasteiger partial charge in [0.25, 0.3) is 5.89 Å². The van der Waals surface area contributed by atoms with E-state index in [1.165, 1.54) is 0 Å². The Morgan fingerprint density at radius 3 is 2.50 bits per heavy atom. The van der Waals surface area contributed by atoms with Crippen LogP contribution >= 0.6 is 11.3 Å². The third-order valence-electron chi connectivity index (χ3n) is 3.22. The number of rotatable bonds is 3. The molecule has 0 fully saturated rings. The third kappa shape index (κ3) is 2.33. The monoisotopic (exact) mass is 309 g/mol. The van der Waals surface area contributed by atoms with E-state index in [0.717, 1.165) is 21.8 Å². The first-order valence-corrected chi connectivity index (χ1v) is 7.58. The van der Waals surface area contributed by atoms with Crippen LogP contribution in [0.15, 0.2) is 57.0 Å².